The van der Waals surface area contributed by atoms with Crippen molar-refractivity contribution < 1.29 is 0 Å². The Balaban J connectivity index is 2.20. The number of nitrogen functional groups attached to an aromatic ring is 1. The zero-order valence-corrected chi connectivity index (χ0v) is 9.58. The highest BCUT2D eigenvalue weighted by Crippen LogP contribution is 2.39. The van der Waals surface area contributed by atoms with E-state index in [9.17, 15) is 0 Å². The van der Waals surface area contributed by atoms with Gasteiger partial charge in [0.05, 0.1) is 0 Å². The van der Waals surface area contributed by atoms with E-state index in [0.29, 0.717) is 0 Å². The molecule has 0 saturated heterocycles. The summed E-state index contributed by atoms with van der Waals surface area (Å²) in [7, 11) is 0. The lowest BCUT2D eigenvalue weighted by Crippen LogP contribution is -2.17. The van der Waals surface area contributed by atoms with Gasteiger partial charge in [-0.25, -0.2) is 0 Å². The highest BCUT2D eigenvalue weighted by Gasteiger charge is 2.24. The molecular formula is C14H21N. The van der Waals surface area contributed by atoms with Gasteiger partial charge < -0.3 is 5.73 Å². The second-order valence-corrected chi connectivity index (χ2v) is 4.73. The molecule has 1 saturated carbocycles. The molecule has 0 radical (unpaired) electrons. The second kappa shape index (κ2) is 4.69. The Bertz CT molecular complexity index is 319. The minimum absolute atomic E-state index is 0.757. The Morgan fingerprint density at radius 3 is 2.80 bits per heavy atom. The lowest BCUT2D eigenvalue weighted by atomic mass is 9.74. The van der Waals surface area contributed by atoms with E-state index in [1.54, 1.807) is 0 Å². The average Bonchev–Trinajstić information content (AvgIpc) is 2.29. The van der Waals surface area contributed by atoms with Crippen molar-refractivity contribution in [2.24, 2.45) is 5.92 Å². The van der Waals surface area contributed by atoms with Gasteiger partial charge in [0.15, 0.2) is 0 Å². The predicted molar refractivity (Wildman–Crippen MR) is 65.8 cm³/mol. The minimum Gasteiger partial charge on any atom is -0.399 e. The first-order chi connectivity index (χ1) is 7.31. The van der Waals surface area contributed by atoms with Crippen molar-refractivity contribution in [1.29, 1.82) is 0 Å². The fourth-order valence-electron chi connectivity index (χ4n) is 2.92. The Hall–Kier alpha value is -0.980. The molecule has 2 rings (SSSR count). The summed E-state index contributed by atoms with van der Waals surface area (Å²) < 4.78 is 0. The van der Waals surface area contributed by atoms with Gasteiger partial charge >= 0.3 is 0 Å². The number of hydrogen-bond acceptors (Lipinski definition) is 1. The van der Waals surface area contributed by atoms with Crippen LogP contribution in [0.2, 0.25) is 0 Å². The maximum atomic E-state index is 5.85. The molecule has 0 heterocycles. The summed E-state index contributed by atoms with van der Waals surface area (Å²) in [4.78, 5) is 0. The first-order valence-electron chi connectivity index (χ1n) is 6.16. The van der Waals surface area contributed by atoms with Crippen LogP contribution in [0.25, 0.3) is 0 Å². The summed E-state index contributed by atoms with van der Waals surface area (Å²) in [6, 6.07) is 8.48. The van der Waals surface area contributed by atoms with Crippen LogP contribution in [0.3, 0.4) is 0 Å². The summed E-state index contributed by atoms with van der Waals surface area (Å²) in [6.45, 7) is 2.31. The second-order valence-electron chi connectivity index (χ2n) is 4.73. The van der Waals surface area contributed by atoms with Crippen molar-refractivity contribution >= 4 is 5.69 Å². The van der Waals surface area contributed by atoms with E-state index in [4.69, 9.17) is 5.73 Å². The van der Waals surface area contributed by atoms with E-state index in [1.165, 1.54) is 37.7 Å². The van der Waals surface area contributed by atoms with Crippen LogP contribution < -0.4 is 5.73 Å². The van der Waals surface area contributed by atoms with Crippen molar-refractivity contribution in [1.82, 2.24) is 0 Å². The largest absolute Gasteiger partial charge is 0.399 e. The van der Waals surface area contributed by atoms with E-state index in [0.717, 1.165) is 17.5 Å². The van der Waals surface area contributed by atoms with Crippen LogP contribution in [0, 0.1) is 5.92 Å². The van der Waals surface area contributed by atoms with Crippen LogP contribution in [0.15, 0.2) is 24.3 Å². The molecule has 0 aliphatic heterocycles. The van der Waals surface area contributed by atoms with Crippen molar-refractivity contribution in [3.63, 3.8) is 0 Å². The Morgan fingerprint density at radius 2 is 2.07 bits per heavy atom. The fourth-order valence-corrected chi connectivity index (χ4v) is 2.92. The van der Waals surface area contributed by atoms with Gasteiger partial charge in [-0.05, 0) is 42.4 Å². The number of rotatable bonds is 2. The third-order valence-electron chi connectivity index (χ3n) is 3.77. The first kappa shape index (κ1) is 10.5. The number of benzene rings is 1. The van der Waals surface area contributed by atoms with Crippen LogP contribution in [0.1, 0.15) is 50.5 Å². The van der Waals surface area contributed by atoms with Crippen molar-refractivity contribution in [3.05, 3.63) is 29.8 Å². The molecule has 2 atom stereocenters. The van der Waals surface area contributed by atoms with Gasteiger partial charge in [0, 0.05) is 5.69 Å². The quantitative estimate of drug-likeness (QED) is 0.723. The normalized spacial score (nSPS) is 26.5. The lowest BCUT2D eigenvalue weighted by Gasteiger charge is -2.31. The van der Waals surface area contributed by atoms with Gasteiger partial charge in [-0.3, -0.25) is 0 Å². The van der Waals surface area contributed by atoms with Gasteiger partial charge in [-0.15, -0.1) is 0 Å². The van der Waals surface area contributed by atoms with Crippen molar-refractivity contribution in [2.75, 3.05) is 5.73 Å². The Morgan fingerprint density at radius 1 is 1.27 bits per heavy atom. The molecule has 15 heavy (non-hydrogen) atoms. The zero-order chi connectivity index (χ0) is 10.7. The van der Waals surface area contributed by atoms with Gasteiger partial charge in [0.2, 0.25) is 0 Å². The van der Waals surface area contributed by atoms with E-state index in [2.05, 4.69) is 25.1 Å². The molecule has 2 unspecified atom stereocenters. The molecule has 1 nitrogen and oxygen atoms in total. The number of nitrogens with two attached hydrogens (primary N) is 1. The van der Waals surface area contributed by atoms with Crippen LogP contribution in [-0.2, 0) is 0 Å². The molecule has 1 fully saturated rings. The minimum atomic E-state index is 0.757. The molecule has 82 valence electrons. The topological polar surface area (TPSA) is 26.0 Å². The number of anilines is 1. The molecule has 1 aromatic rings. The van der Waals surface area contributed by atoms with Crippen LogP contribution in [-0.4, -0.2) is 0 Å². The van der Waals surface area contributed by atoms with Gasteiger partial charge in [-0.2, -0.15) is 0 Å². The predicted octanol–water partition coefficient (Wildman–Crippen LogP) is 3.95. The standard InChI is InChI=1S/C14H21N/c1-2-11-6-3-4-9-14(11)12-7-5-8-13(15)10-12/h5,7-8,10-11,14H,2-4,6,9,15H2,1H3. The van der Waals surface area contributed by atoms with E-state index >= 15 is 0 Å². The van der Waals surface area contributed by atoms with Gasteiger partial charge in [0.1, 0.15) is 0 Å². The fraction of sp³-hybridized carbons (Fsp3) is 0.571. The maximum absolute atomic E-state index is 5.85. The third kappa shape index (κ3) is 2.34. The van der Waals surface area contributed by atoms with Gasteiger partial charge in [-0.1, -0.05) is 38.3 Å². The van der Waals surface area contributed by atoms with E-state index < -0.39 is 0 Å². The monoisotopic (exact) mass is 203 g/mol. The zero-order valence-electron chi connectivity index (χ0n) is 9.58. The van der Waals surface area contributed by atoms with Gasteiger partial charge in [0.25, 0.3) is 0 Å². The lowest BCUT2D eigenvalue weighted by molar-refractivity contribution is 0.299. The summed E-state index contributed by atoms with van der Waals surface area (Å²) in [6.07, 6.45) is 6.85. The molecule has 0 bridgehead atoms. The highest BCUT2D eigenvalue weighted by molar-refractivity contribution is 5.42. The van der Waals surface area contributed by atoms with E-state index in [1.807, 2.05) is 6.07 Å². The highest BCUT2D eigenvalue weighted by atomic mass is 14.5. The first-order valence-corrected chi connectivity index (χ1v) is 6.16. The molecule has 0 aromatic heterocycles. The molecule has 0 amide bonds. The van der Waals surface area contributed by atoms with Crippen molar-refractivity contribution in [2.45, 2.75) is 44.9 Å². The molecule has 1 aromatic carbocycles. The smallest absolute Gasteiger partial charge is 0.0316 e. The summed E-state index contributed by atoms with van der Waals surface area (Å²) in [5.41, 5.74) is 8.22. The van der Waals surface area contributed by atoms with Crippen molar-refractivity contribution in [3.8, 4) is 0 Å². The van der Waals surface area contributed by atoms with E-state index in [-0.39, 0.29) is 0 Å². The van der Waals surface area contributed by atoms with Crippen LogP contribution >= 0.6 is 0 Å². The Labute approximate surface area is 92.7 Å². The molecule has 1 heteroatoms. The average molecular weight is 203 g/mol. The molecule has 1 aliphatic rings. The molecule has 1 aliphatic carbocycles. The number of hydrogen-bond donors (Lipinski definition) is 1. The summed E-state index contributed by atoms with van der Waals surface area (Å²) in [5.74, 6) is 1.63. The third-order valence-corrected chi connectivity index (χ3v) is 3.77. The van der Waals surface area contributed by atoms with Crippen LogP contribution in [0.4, 0.5) is 5.69 Å². The summed E-state index contributed by atoms with van der Waals surface area (Å²) in [5, 5.41) is 0. The Kier molecular flexibility index (Phi) is 3.30. The van der Waals surface area contributed by atoms with Crippen LogP contribution in [0.5, 0.6) is 0 Å². The SMILES string of the molecule is CCC1CCCCC1c1cccc(N)c1. The summed E-state index contributed by atoms with van der Waals surface area (Å²) >= 11 is 0. The molecule has 2 N–H and O–H groups in total. The molecular weight excluding hydrogens is 182 g/mol. The molecule has 0 spiro atoms. The maximum Gasteiger partial charge on any atom is 0.0316 e.